The van der Waals surface area contributed by atoms with Gasteiger partial charge in [0.25, 0.3) is 0 Å². The molecule has 1 aliphatic carbocycles. The molecule has 40 heavy (non-hydrogen) atoms. The number of alkyl halides is 1. The van der Waals surface area contributed by atoms with Crippen molar-refractivity contribution in [3.63, 3.8) is 0 Å². The standard InChI is InChI=1S/C35H49FO4/c1-4-6-8-10-12-26(3)39-34(37)31-20-18-29(19-21-31)27-14-16-28(17-15-27)30-22-24-32(25-23-30)40-35(38)33(36)13-11-9-7-5-2/h14-21,26,30,32-33H,4-13,22-25H2,1-3H3/t26-,30?,32?,33+/m1/s1. The lowest BCUT2D eigenvalue weighted by Gasteiger charge is -2.29. The molecule has 0 bridgehead atoms. The molecule has 0 unspecified atom stereocenters. The van der Waals surface area contributed by atoms with Crippen molar-refractivity contribution in [2.75, 3.05) is 0 Å². The first-order valence-electron chi connectivity index (χ1n) is 15.7. The summed E-state index contributed by atoms with van der Waals surface area (Å²) in [6, 6.07) is 16.2. The summed E-state index contributed by atoms with van der Waals surface area (Å²) >= 11 is 0. The molecule has 2 atom stereocenters. The molecule has 220 valence electrons. The SMILES string of the molecule is CCCCCC[C@@H](C)OC(=O)c1ccc(-c2ccc(C3CCC(OC(=O)[C@@H](F)CCCCCC)CC3)cc2)cc1. The minimum Gasteiger partial charge on any atom is -0.460 e. The molecule has 0 saturated heterocycles. The van der Waals surface area contributed by atoms with Crippen LogP contribution < -0.4 is 0 Å². The third kappa shape index (κ3) is 10.4. The van der Waals surface area contributed by atoms with E-state index in [2.05, 4.69) is 38.1 Å². The second kappa shape index (κ2) is 17.2. The van der Waals surface area contributed by atoms with Crippen molar-refractivity contribution in [2.24, 2.45) is 0 Å². The zero-order chi connectivity index (χ0) is 28.7. The number of halogens is 1. The predicted octanol–water partition coefficient (Wildman–Crippen LogP) is 9.75. The molecule has 1 fully saturated rings. The number of carbonyl (C=O) groups excluding carboxylic acids is 2. The maximum atomic E-state index is 14.2. The molecule has 1 saturated carbocycles. The van der Waals surface area contributed by atoms with E-state index in [1.165, 1.54) is 24.8 Å². The maximum absolute atomic E-state index is 14.2. The van der Waals surface area contributed by atoms with Gasteiger partial charge in [-0.05, 0) is 93.0 Å². The quantitative estimate of drug-likeness (QED) is 0.154. The number of benzene rings is 2. The van der Waals surface area contributed by atoms with Gasteiger partial charge < -0.3 is 9.47 Å². The topological polar surface area (TPSA) is 52.6 Å². The predicted molar refractivity (Wildman–Crippen MR) is 160 cm³/mol. The molecule has 1 aliphatic rings. The lowest BCUT2D eigenvalue weighted by atomic mass is 9.82. The van der Waals surface area contributed by atoms with E-state index in [1.54, 1.807) is 0 Å². The fourth-order valence-corrected chi connectivity index (χ4v) is 5.54. The summed E-state index contributed by atoms with van der Waals surface area (Å²) in [4.78, 5) is 24.7. The Kier molecular flexibility index (Phi) is 13.7. The van der Waals surface area contributed by atoms with Crippen LogP contribution in [0.25, 0.3) is 11.1 Å². The minimum atomic E-state index is -1.49. The van der Waals surface area contributed by atoms with Crippen LogP contribution in [-0.2, 0) is 14.3 Å². The van der Waals surface area contributed by atoms with Crippen molar-refractivity contribution < 1.29 is 23.5 Å². The Balaban J connectivity index is 1.43. The lowest BCUT2D eigenvalue weighted by Crippen LogP contribution is -2.28. The summed E-state index contributed by atoms with van der Waals surface area (Å²) in [5.41, 5.74) is 4.01. The fourth-order valence-electron chi connectivity index (χ4n) is 5.54. The normalized spacial score (nSPS) is 18.6. The summed E-state index contributed by atoms with van der Waals surface area (Å²) in [6.07, 6.45) is 11.4. The number of unbranched alkanes of at least 4 members (excludes halogenated alkanes) is 6. The van der Waals surface area contributed by atoms with E-state index in [1.807, 2.05) is 31.2 Å². The van der Waals surface area contributed by atoms with Gasteiger partial charge in [0.15, 0.2) is 6.17 Å². The van der Waals surface area contributed by atoms with E-state index in [0.29, 0.717) is 11.5 Å². The van der Waals surface area contributed by atoms with Crippen LogP contribution in [0.5, 0.6) is 0 Å². The van der Waals surface area contributed by atoms with Crippen molar-refractivity contribution in [1.29, 1.82) is 0 Å². The number of ether oxygens (including phenoxy) is 2. The second-order valence-electron chi connectivity index (χ2n) is 11.5. The summed E-state index contributed by atoms with van der Waals surface area (Å²) in [6.45, 7) is 6.27. The van der Waals surface area contributed by atoms with E-state index in [4.69, 9.17) is 9.47 Å². The largest absolute Gasteiger partial charge is 0.460 e. The van der Waals surface area contributed by atoms with E-state index in [9.17, 15) is 14.0 Å². The highest BCUT2D eigenvalue weighted by molar-refractivity contribution is 5.90. The van der Waals surface area contributed by atoms with Crippen molar-refractivity contribution in [2.45, 2.75) is 135 Å². The van der Waals surface area contributed by atoms with Gasteiger partial charge in [-0.3, -0.25) is 0 Å². The van der Waals surface area contributed by atoms with Crippen LogP contribution in [0.1, 0.15) is 133 Å². The zero-order valence-corrected chi connectivity index (χ0v) is 24.8. The molecule has 2 aromatic carbocycles. The third-order valence-corrected chi connectivity index (χ3v) is 8.13. The Morgan fingerprint density at radius 2 is 1.32 bits per heavy atom. The minimum absolute atomic E-state index is 0.0698. The molecule has 0 amide bonds. The number of carbonyl (C=O) groups is 2. The van der Waals surface area contributed by atoms with Crippen molar-refractivity contribution >= 4 is 11.9 Å². The second-order valence-corrected chi connectivity index (χ2v) is 11.5. The highest BCUT2D eigenvalue weighted by atomic mass is 19.1. The third-order valence-electron chi connectivity index (χ3n) is 8.13. The van der Waals surface area contributed by atoms with Crippen molar-refractivity contribution in [3.05, 3.63) is 59.7 Å². The van der Waals surface area contributed by atoms with E-state index >= 15 is 0 Å². The van der Waals surface area contributed by atoms with E-state index < -0.39 is 12.1 Å². The van der Waals surface area contributed by atoms with Crippen LogP contribution in [0.3, 0.4) is 0 Å². The van der Waals surface area contributed by atoms with Crippen molar-refractivity contribution in [1.82, 2.24) is 0 Å². The molecule has 0 radical (unpaired) electrons. The van der Waals surface area contributed by atoms with Gasteiger partial charge in [-0.25, -0.2) is 14.0 Å². The van der Waals surface area contributed by atoms with Gasteiger partial charge in [0.1, 0.15) is 6.10 Å². The Labute approximate surface area is 241 Å². The smallest absolute Gasteiger partial charge is 0.340 e. The van der Waals surface area contributed by atoms with Gasteiger partial charge in [-0.2, -0.15) is 0 Å². The van der Waals surface area contributed by atoms with Crippen LogP contribution in [-0.4, -0.2) is 30.3 Å². The molecule has 0 spiro atoms. The summed E-state index contributed by atoms with van der Waals surface area (Å²) in [7, 11) is 0. The number of hydrogen-bond acceptors (Lipinski definition) is 4. The van der Waals surface area contributed by atoms with Gasteiger partial charge in [-0.1, -0.05) is 88.8 Å². The fraction of sp³-hybridized carbons (Fsp3) is 0.600. The molecule has 0 aliphatic heterocycles. The Morgan fingerprint density at radius 3 is 1.90 bits per heavy atom. The molecule has 0 aromatic heterocycles. The zero-order valence-electron chi connectivity index (χ0n) is 24.8. The van der Waals surface area contributed by atoms with Gasteiger partial charge in [0, 0.05) is 0 Å². The van der Waals surface area contributed by atoms with Crippen LogP contribution >= 0.6 is 0 Å². The molecule has 0 heterocycles. The average molecular weight is 553 g/mol. The van der Waals surface area contributed by atoms with Gasteiger partial charge in [-0.15, -0.1) is 0 Å². The number of hydrogen-bond donors (Lipinski definition) is 0. The van der Waals surface area contributed by atoms with Crippen LogP contribution in [0.15, 0.2) is 48.5 Å². The number of rotatable bonds is 16. The maximum Gasteiger partial charge on any atom is 0.340 e. The van der Waals surface area contributed by atoms with Crippen LogP contribution in [0, 0.1) is 0 Å². The average Bonchev–Trinajstić information content (AvgIpc) is 2.98. The van der Waals surface area contributed by atoms with Gasteiger partial charge >= 0.3 is 11.9 Å². The van der Waals surface area contributed by atoms with Crippen LogP contribution in [0.2, 0.25) is 0 Å². The highest BCUT2D eigenvalue weighted by Gasteiger charge is 2.28. The van der Waals surface area contributed by atoms with Gasteiger partial charge in [0.05, 0.1) is 11.7 Å². The first-order chi connectivity index (χ1) is 19.4. The molecular formula is C35H49FO4. The first-order valence-corrected chi connectivity index (χ1v) is 15.7. The summed E-state index contributed by atoms with van der Waals surface area (Å²) in [5.74, 6) is -0.527. The van der Waals surface area contributed by atoms with E-state index in [-0.39, 0.29) is 24.6 Å². The summed E-state index contributed by atoms with van der Waals surface area (Å²) in [5, 5.41) is 0. The number of esters is 2. The lowest BCUT2D eigenvalue weighted by molar-refractivity contribution is -0.157. The Bertz CT molecular complexity index is 1010. The van der Waals surface area contributed by atoms with Crippen molar-refractivity contribution in [3.8, 4) is 11.1 Å². The molecule has 0 N–H and O–H groups in total. The first kappa shape index (κ1) is 31.8. The highest BCUT2D eigenvalue weighted by Crippen LogP contribution is 2.35. The molecule has 2 aromatic rings. The molecule has 5 heteroatoms. The molecule has 3 rings (SSSR count). The van der Waals surface area contributed by atoms with E-state index in [0.717, 1.165) is 75.3 Å². The molecular weight excluding hydrogens is 503 g/mol. The van der Waals surface area contributed by atoms with Gasteiger partial charge in [0.2, 0.25) is 0 Å². The summed E-state index contributed by atoms with van der Waals surface area (Å²) < 4.78 is 25.3. The Morgan fingerprint density at radius 1 is 0.775 bits per heavy atom. The monoisotopic (exact) mass is 552 g/mol. The Hall–Kier alpha value is -2.69. The van der Waals surface area contributed by atoms with Crippen LogP contribution in [0.4, 0.5) is 4.39 Å². The molecule has 4 nitrogen and oxygen atoms in total.